The number of fused-ring (bicyclic) bond motifs is 1. The van der Waals surface area contributed by atoms with Crippen LogP contribution in [0.3, 0.4) is 0 Å². The van der Waals surface area contributed by atoms with E-state index in [4.69, 9.17) is 0 Å². The Kier molecular flexibility index (Phi) is 5.19. The highest BCUT2D eigenvalue weighted by atomic mass is 19.1. The van der Waals surface area contributed by atoms with Gasteiger partial charge < -0.3 is 10.4 Å². The zero-order chi connectivity index (χ0) is 21.5. The summed E-state index contributed by atoms with van der Waals surface area (Å²) in [5.74, 6) is 0.0865. The summed E-state index contributed by atoms with van der Waals surface area (Å²) >= 11 is 0. The number of hydrogen-bond donors (Lipinski definition) is 2. The second-order valence-corrected chi connectivity index (χ2v) is 8.32. The van der Waals surface area contributed by atoms with Crippen LogP contribution in [0, 0.1) is 5.82 Å². The summed E-state index contributed by atoms with van der Waals surface area (Å²) < 4.78 is 17.0. The highest BCUT2D eigenvalue weighted by Gasteiger charge is 2.26. The number of aliphatic hydroxyl groups is 1. The minimum atomic E-state index is -0.943. The molecular formula is C22H26FN5O2. The van der Waals surface area contributed by atoms with Crippen LogP contribution in [-0.4, -0.2) is 36.1 Å². The van der Waals surface area contributed by atoms with Gasteiger partial charge in [-0.05, 0) is 51.0 Å². The van der Waals surface area contributed by atoms with E-state index in [0.29, 0.717) is 30.2 Å². The van der Waals surface area contributed by atoms with Crippen molar-refractivity contribution in [1.29, 1.82) is 0 Å². The van der Waals surface area contributed by atoms with Gasteiger partial charge >= 0.3 is 0 Å². The molecule has 0 spiro atoms. The average Bonchev–Trinajstić information content (AvgIpc) is 3.26. The van der Waals surface area contributed by atoms with Crippen LogP contribution in [0.4, 0.5) is 10.3 Å². The van der Waals surface area contributed by atoms with Crippen LogP contribution >= 0.6 is 0 Å². The van der Waals surface area contributed by atoms with Crippen LogP contribution < -0.4 is 10.9 Å². The molecule has 0 saturated carbocycles. The van der Waals surface area contributed by atoms with E-state index in [1.807, 2.05) is 11.6 Å². The topological polar surface area (TPSA) is 85.0 Å². The molecule has 1 atom stereocenters. The lowest BCUT2D eigenvalue weighted by Gasteiger charge is -2.26. The number of anilines is 1. The van der Waals surface area contributed by atoms with Crippen molar-refractivity contribution in [2.45, 2.75) is 58.3 Å². The van der Waals surface area contributed by atoms with Crippen molar-refractivity contribution in [2.24, 2.45) is 0 Å². The Morgan fingerprint density at radius 3 is 2.60 bits per heavy atom. The van der Waals surface area contributed by atoms with Gasteiger partial charge in [0.2, 0.25) is 5.95 Å². The molecule has 7 nitrogen and oxygen atoms in total. The highest BCUT2D eigenvalue weighted by molar-refractivity contribution is 5.61. The smallest absolute Gasteiger partial charge is 0.270 e. The van der Waals surface area contributed by atoms with Crippen molar-refractivity contribution >= 4 is 5.95 Å². The molecule has 0 amide bonds. The molecule has 1 aliphatic rings. The molecule has 2 aromatic heterocycles. The van der Waals surface area contributed by atoms with Gasteiger partial charge in [0.25, 0.3) is 5.56 Å². The zero-order valence-corrected chi connectivity index (χ0v) is 17.4. The highest BCUT2D eigenvalue weighted by Crippen LogP contribution is 2.27. The number of nitrogens with one attached hydrogen (secondary N) is 1. The third kappa shape index (κ3) is 3.87. The SMILES string of the molecule is C[C@H](Nc1nccc(-c2c(Cc3ccc(F)cc3)c(=O)n3n2CCC3)n1)C(C)(C)O. The molecule has 0 saturated heterocycles. The summed E-state index contributed by atoms with van der Waals surface area (Å²) in [6, 6.07) is 7.72. The first-order valence-corrected chi connectivity index (χ1v) is 10.1. The maximum atomic E-state index is 13.3. The van der Waals surface area contributed by atoms with Gasteiger partial charge in [-0.15, -0.1) is 0 Å². The van der Waals surface area contributed by atoms with Gasteiger partial charge in [-0.1, -0.05) is 12.1 Å². The van der Waals surface area contributed by atoms with Crippen LogP contribution in [0.15, 0.2) is 41.3 Å². The van der Waals surface area contributed by atoms with Crippen LogP contribution in [0.5, 0.6) is 0 Å². The molecule has 0 aliphatic carbocycles. The zero-order valence-electron chi connectivity index (χ0n) is 17.4. The predicted octanol–water partition coefficient (Wildman–Crippen LogP) is 2.81. The minimum absolute atomic E-state index is 0.0372. The maximum Gasteiger partial charge on any atom is 0.270 e. The van der Waals surface area contributed by atoms with Crippen LogP contribution in [0.2, 0.25) is 0 Å². The Labute approximate surface area is 174 Å². The number of aromatic nitrogens is 4. The minimum Gasteiger partial charge on any atom is -0.388 e. The van der Waals surface area contributed by atoms with E-state index in [9.17, 15) is 14.3 Å². The standard InChI is InChI=1S/C22H26FN5O2/c1-14(22(2,3)30)25-21-24-10-9-18(26-21)19-17(13-15-5-7-16(23)8-6-15)20(29)28-12-4-11-27(19)28/h5-10,14,30H,4,11-13H2,1-3H3,(H,24,25,26)/t14-/m0/s1. The Bertz CT molecular complexity index is 1110. The predicted molar refractivity (Wildman–Crippen MR) is 113 cm³/mol. The Balaban J connectivity index is 1.75. The monoisotopic (exact) mass is 411 g/mol. The Morgan fingerprint density at radius 2 is 1.90 bits per heavy atom. The van der Waals surface area contributed by atoms with E-state index in [2.05, 4.69) is 15.3 Å². The molecule has 2 N–H and O–H groups in total. The average molecular weight is 411 g/mol. The number of nitrogens with zero attached hydrogens (tertiary/aromatic N) is 4. The Hall–Kier alpha value is -3.00. The summed E-state index contributed by atoms with van der Waals surface area (Å²) in [5.41, 5.74) is 1.93. The molecule has 30 heavy (non-hydrogen) atoms. The molecule has 158 valence electrons. The van der Waals surface area contributed by atoms with E-state index in [-0.39, 0.29) is 17.4 Å². The van der Waals surface area contributed by atoms with Crippen molar-refractivity contribution < 1.29 is 9.50 Å². The van der Waals surface area contributed by atoms with Gasteiger partial charge in [-0.2, -0.15) is 0 Å². The third-order valence-electron chi connectivity index (χ3n) is 5.67. The van der Waals surface area contributed by atoms with Crippen LogP contribution in [0.1, 0.15) is 38.3 Å². The lowest BCUT2D eigenvalue weighted by molar-refractivity contribution is 0.0646. The molecule has 4 rings (SSSR count). The van der Waals surface area contributed by atoms with E-state index >= 15 is 0 Å². The summed E-state index contributed by atoms with van der Waals surface area (Å²) in [6.45, 7) is 6.70. The molecule has 0 fully saturated rings. The fraction of sp³-hybridized carbons (Fsp3) is 0.409. The van der Waals surface area contributed by atoms with Gasteiger partial charge in [0.1, 0.15) is 5.82 Å². The summed E-state index contributed by atoms with van der Waals surface area (Å²) in [4.78, 5) is 22.0. The first-order chi connectivity index (χ1) is 14.2. The van der Waals surface area contributed by atoms with Gasteiger partial charge in [0.15, 0.2) is 0 Å². The van der Waals surface area contributed by atoms with Gasteiger partial charge in [0.05, 0.1) is 28.6 Å². The normalized spacial score (nSPS) is 14.6. The summed E-state index contributed by atoms with van der Waals surface area (Å²) in [7, 11) is 0. The molecule has 3 heterocycles. The van der Waals surface area contributed by atoms with E-state index in [0.717, 1.165) is 24.2 Å². The number of halogens is 1. The lowest BCUT2D eigenvalue weighted by atomic mass is 10.0. The number of rotatable bonds is 6. The van der Waals surface area contributed by atoms with E-state index in [1.54, 1.807) is 42.9 Å². The molecule has 3 aromatic rings. The molecule has 1 aliphatic heterocycles. The van der Waals surface area contributed by atoms with Gasteiger partial charge in [-0.25, -0.2) is 19.0 Å². The maximum absolute atomic E-state index is 13.3. The van der Waals surface area contributed by atoms with Crippen molar-refractivity contribution in [1.82, 2.24) is 19.3 Å². The molecule has 1 aromatic carbocycles. The van der Waals surface area contributed by atoms with E-state index in [1.165, 1.54) is 12.1 Å². The molecule has 0 bridgehead atoms. The molecule has 0 unspecified atom stereocenters. The molecule has 8 heteroatoms. The number of benzene rings is 1. The van der Waals surface area contributed by atoms with Crippen molar-refractivity contribution in [3.8, 4) is 11.4 Å². The number of hydrogen-bond acceptors (Lipinski definition) is 5. The second kappa shape index (κ2) is 7.68. The van der Waals surface area contributed by atoms with Crippen molar-refractivity contribution in [3.05, 3.63) is 63.8 Å². The lowest BCUT2D eigenvalue weighted by Crippen LogP contribution is -2.39. The van der Waals surface area contributed by atoms with E-state index < -0.39 is 5.60 Å². The van der Waals surface area contributed by atoms with Crippen LogP contribution in [-0.2, 0) is 19.5 Å². The third-order valence-corrected chi connectivity index (χ3v) is 5.67. The molecule has 0 radical (unpaired) electrons. The fourth-order valence-corrected chi connectivity index (χ4v) is 3.65. The first-order valence-electron chi connectivity index (χ1n) is 10.1. The quantitative estimate of drug-likeness (QED) is 0.652. The Morgan fingerprint density at radius 1 is 1.20 bits per heavy atom. The largest absolute Gasteiger partial charge is 0.388 e. The van der Waals surface area contributed by atoms with Crippen molar-refractivity contribution in [2.75, 3.05) is 5.32 Å². The van der Waals surface area contributed by atoms with Crippen molar-refractivity contribution in [3.63, 3.8) is 0 Å². The van der Waals surface area contributed by atoms with Crippen LogP contribution in [0.25, 0.3) is 11.4 Å². The van der Waals surface area contributed by atoms with Gasteiger partial charge in [0, 0.05) is 25.7 Å². The summed E-state index contributed by atoms with van der Waals surface area (Å²) in [6.07, 6.45) is 2.94. The fourth-order valence-electron chi connectivity index (χ4n) is 3.65. The summed E-state index contributed by atoms with van der Waals surface area (Å²) in [5, 5.41) is 13.3. The second-order valence-electron chi connectivity index (χ2n) is 8.32. The molecular weight excluding hydrogens is 385 g/mol. The first kappa shape index (κ1) is 20.3. The van der Waals surface area contributed by atoms with Gasteiger partial charge in [-0.3, -0.25) is 9.48 Å².